The van der Waals surface area contributed by atoms with E-state index in [2.05, 4.69) is 25.1 Å². The Balaban J connectivity index is 1.48. The zero-order chi connectivity index (χ0) is 20.7. The fourth-order valence-electron chi connectivity index (χ4n) is 3.34. The summed E-state index contributed by atoms with van der Waals surface area (Å²) < 4.78 is 19.6. The van der Waals surface area contributed by atoms with Crippen molar-refractivity contribution in [2.75, 3.05) is 0 Å². The van der Waals surface area contributed by atoms with Crippen LogP contribution in [0.25, 0.3) is 34.2 Å². The molecule has 0 radical (unpaired) electrons. The van der Waals surface area contributed by atoms with E-state index >= 15 is 0 Å². The molecule has 7 nitrogen and oxygen atoms in total. The minimum Gasteiger partial charge on any atom is -0.337 e. The van der Waals surface area contributed by atoms with Gasteiger partial charge in [-0.25, -0.2) is 9.37 Å². The zero-order valence-electron chi connectivity index (χ0n) is 15.6. The van der Waals surface area contributed by atoms with Crippen molar-refractivity contribution in [2.24, 2.45) is 0 Å². The number of rotatable bonds is 4. The molecule has 0 aliphatic heterocycles. The lowest BCUT2D eigenvalue weighted by Crippen LogP contribution is -2.10. The third-order valence-electron chi connectivity index (χ3n) is 5.19. The van der Waals surface area contributed by atoms with Crippen LogP contribution in [0.2, 0.25) is 5.02 Å². The van der Waals surface area contributed by atoms with Crippen molar-refractivity contribution in [3.05, 3.63) is 58.9 Å². The standard InChI is InChI=1S/C21H14ClFN6O/c22-13-5-2-6-14(23)17(13)20-26-16(9-24)18(27-20)12-7-8-15(25-10-12)21-28-19(29-30-21)11-3-1-4-11/h2,5-8,10-11H,1,3-4H2,(H,26,27). The highest BCUT2D eigenvalue weighted by Gasteiger charge is 2.25. The maximum absolute atomic E-state index is 14.2. The van der Waals surface area contributed by atoms with Crippen LogP contribution in [0.15, 0.2) is 41.1 Å². The van der Waals surface area contributed by atoms with E-state index in [1.54, 1.807) is 24.4 Å². The van der Waals surface area contributed by atoms with E-state index in [9.17, 15) is 9.65 Å². The van der Waals surface area contributed by atoms with Crippen molar-refractivity contribution in [3.8, 4) is 40.3 Å². The molecule has 30 heavy (non-hydrogen) atoms. The summed E-state index contributed by atoms with van der Waals surface area (Å²) in [4.78, 5) is 16.0. The molecule has 0 spiro atoms. The number of H-pyrrole nitrogens is 1. The van der Waals surface area contributed by atoms with E-state index in [4.69, 9.17) is 16.1 Å². The lowest BCUT2D eigenvalue weighted by atomic mass is 9.85. The van der Waals surface area contributed by atoms with Crippen molar-refractivity contribution < 1.29 is 8.91 Å². The smallest absolute Gasteiger partial charge is 0.276 e. The lowest BCUT2D eigenvalue weighted by Gasteiger charge is -2.20. The fraction of sp³-hybridized carbons (Fsp3) is 0.190. The van der Waals surface area contributed by atoms with E-state index < -0.39 is 5.82 Å². The molecule has 1 aromatic carbocycles. The van der Waals surface area contributed by atoms with Gasteiger partial charge in [0.15, 0.2) is 11.5 Å². The number of nitrogens with one attached hydrogen (secondary N) is 1. The number of nitriles is 1. The monoisotopic (exact) mass is 420 g/mol. The van der Waals surface area contributed by atoms with Crippen molar-refractivity contribution in [3.63, 3.8) is 0 Å². The van der Waals surface area contributed by atoms with Crippen molar-refractivity contribution in [1.29, 1.82) is 5.26 Å². The Kier molecular flexibility index (Phi) is 4.52. The average molecular weight is 421 g/mol. The Labute approximate surface area is 175 Å². The van der Waals surface area contributed by atoms with Crippen LogP contribution in [0.3, 0.4) is 0 Å². The van der Waals surface area contributed by atoms with Gasteiger partial charge in [0.05, 0.1) is 16.3 Å². The van der Waals surface area contributed by atoms with E-state index in [0.717, 1.165) is 12.8 Å². The first-order valence-corrected chi connectivity index (χ1v) is 9.76. The molecule has 3 aromatic heterocycles. The Morgan fingerprint density at radius 3 is 2.73 bits per heavy atom. The SMILES string of the molecule is N#Cc1nc(-c2c(F)cccc2Cl)[nH]c1-c1ccc(-c2nc(C3CCC3)no2)nc1. The number of hydrogen-bond acceptors (Lipinski definition) is 6. The molecule has 1 aliphatic carbocycles. The third-order valence-corrected chi connectivity index (χ3v) is 5.51. The van der Waals surface area contributed by atoms with Gasteiger partial charge in [0.1, 0.15) is 23.4 Å². The zero-order valence-corrected chi connectivity index (χ0v) is 16.3. The maximum Gasteiger partial charge on any atom is 0.276 e. The summed E-state index contributed by atoms with van der Waals surface area (Å²) in [6, 6.07) is 9.86. The number of nitrogens with zero attached hydrogens (tertiary/aromatic N) is 5. The van der Waals surface area contributed by atoms with Gasteiger partial charge in [0, 0.05) is 17.7 Å². The normalized spacial score (nSPS) is 13.8. The van der Waals surface area contributed by atoms with Gasteiger partial charge >= 0.3 is 0 Å². The summed E-state index contributed by atoms with van der Waals surface area (Å²) in [6.07, 6.45) is 4.92. The molecule has 0 atom stereocenters. The first kappa shape index (κ1) is 18.5. The second-order valence-corrected chi connectivity index (χ2v) is 7.44. The quantitative estimate of drug-likeness (QED) is 0.491. The molecule has 5 rings (SSSR count). The van der Waals surface area contributed by atoms with Crippen molar-refractivity contribution in [1.82, 2.24) is 25.1 Å². The van der Waals surface area contributed by atoms with Crippen LogP contribution in [-0.4, -0.2) is 25.1 Å². The summed E-state index contributed by atoms with van der Waals surface area (Å²) >= 11 is 6.12. The number of benzene rings is 1. The van der Waals surface area contributed by atoms with E-state index in [1.165, 1.54) is 18.6 Å². The highest BCUT2D eigenvalue weighted by molar-refractivity contribution is 6.33. The van der Waals surface area contributed by atoms with Gasteiger partial charge in [-0.15, -0.1) is 0 Å². The van der Waals surface area contributed by atoms with Crippen LogP contribution in [0.4, 0.5) is 4.39 Å². The molecule has 0 unspecified atom stereocenters. The predicted molar refractivity (Wildman–Crippen MR) is 107 cm³/mol. The first-order chi connectivity index (χ1) is 14.6. The molecule has 148 valence electrons. The largest absolute Gasteiger partial charge is 0.337 e. The van der Waals surface area contributed by atoms with Gasteiger partial charge in [0.25, 0.3) is 5.89 Å². The molecule has 0 saturated heterocycles. The summed E-state index contributed by atoms with van der Waals surface area (Å²) in [5.41, 5.74) is 1.80. The number of aromatic nitrogens is 5. The minimum atomic E-state index is -0.528. The van der Waals surface area contributed by atoms with Crippen LogP contribution in [0, 0.1) is 17.1 Å². The van der Waals surface area contributed by atoms with Crippen LogP contribution in [0.5, 0.6) is 0 Å². The molecule has 1 saturated carbocycles. The second-order valence-electron chi connectivity index (χ2n) is 7.04. The Morgan fingerprint density at radius 1 is 1.20 bits per heavy atom. The predicted octanol–water partition coefficient (Wildman–Crippen LogP) is 5.12. The maximum atomic E-state index is 14.2. The van der Waals surface area contributed by atoms with Crippen LogP contribution in [0.1, 0.15) is 36.7 Å². The van der Waals surface area contributed by atoms with Crippen LogP contribution in [-0.2, 0) is 0 Å². The first-order valence-electron chi connectivity index (χ1n) is 9.39. The molecule has 0 amide bonds. The van der Waals surface area contributed by atoms with Gasteiger partial charge < -0.3 is 9.51 Å². The molecule has 1 fully saturated rings. The van der Waals surface area contributed by atoms with Gasteiger partial charge in [-0.2, -0.15) is 10.2 Å². The van der Waals surface area contributed by atoms with Crippen LogP contribution >= 0.6 is 11.6 Å². The number of aromatic amines is 1. The van der Waals surface area contributed by atoms with Crippen molar-refractivity contribution in [2.45, 2.75) is 25.2 Å². The fourth-order valence-corrected chi connectivity index (χ4v) is 3.60. The van der Waals surface area contributed by atoms with Crippen LogP contribution < -0.4 is 0 Å². The van der Waals surface area contributed by atoms with Gasteiger partial charge in [0.2, 0.25) is 0 Å². The van der Waals surface area contributed by atoms with Crippen molar-refractivity contribution >= 4 is 11.6 Å². The molecule has 0 bridgehead atoms. The van der Waals surface area contributed by atoms with Gasteiger partial charge in [-0.05, 0) is 37.1 Å². The number of imidazole rings is 1. The molecule has 3 heterocycles. The van der Waals surface area contributed by atoms with Gasteiger partial charge in [-0.1, -0.05) is 29.2 Å². The number of halogens is 2. The Bertz CT molecular complexity index is 1250. The Morgan fingerprint density at radius 2 is 2.07 bits per heavy atom. The lowest BCUT2D eigenvalue weighted by molar-refractivity contribution is 0.366. The van der Waals surface area contributed by atoms with E-state index in [1.807, 2.05) is 6.07 Å². The third kappa shape index (κ3) is 3.13. The summed E-state index contributed by atoms with van der Waals surface area (Å²) in [5.74, 6) is 1.09. The van der Waals surface area contributed by atoms with E-state index in [0.29, 0.717) is 34.6 Å². The summed E-state index contributed by atoms with van der Waals surface area (Å²) in [5, 5.41) is 13.7. The highest BCUT2D eigenvalue weighted by atomic mass is 35.5. The highest BCUT2D eigenvalue weighted by Crippen LogP contribution is 2.35. The Hall–Kier alpha value is -3.57. The summed E-state index contributed by atoms with van der Waals surface area (Å²) in [7, 11) is 0. The molecule has 9 heteroatoms. The van der Waals surface area contributed by atoms with E-state index in [-0.39, 0.29) is 22.1 Å². The molecule has 4 aromatic rings. The van der Waals surface area contributed by atoms with Gasteiger partial charge in [-0.3, -0.25) is 4.98 Å². The molecule has 1 N–H and O–H groups in total. The number of hydrogen-bond donors (Lipinski definition) is 1. The molecule has 1 aliphatic rings. The summed E-state index contributed by atoms with van der Waals surface area (Å²) in [6.45, 7) is 0. The second kappa shape index (κ2) is 7.35. The number of pyridine rings is 1. The minimum absolute atomic E-state index is 0.112. The molecular weight excluding hydrogens is 407 g/mol. The topological polar surface area (TPSA) is 104 Å². The molecular formula is C21H14ClFN6O. The average Bonchev–Trinajstić information content (AvgIpc) is 3.34.